The van der Waals surface area contributed by atoms with Crippen molar-refractivity contribution >= 4 is 0 Å². The van der Waals surface area contributed by atoms with Crippen LogP contribution in [0.15, 0.2) is 12.7 Å². The number of rotatable bonds is 9. The van der Waals surface area contributed by atoms with Gasteiger partial charge in [0.2, 0.25) is 0 Å². The third-order valence-electron chi connectivity index (χ3n) is 3.60. The van der Waals surface area contributed by atoms with E-state index in [4.69, 9.17) is 0 Å². The number of nitrogens with one attached hydrogen (secondary N) is 1. The second-order valence-electron chi connectivity index (χ2n) is 5.11. The molecule has 1 N–H and O–H groups in total. The minimum Gasteiger partial charge on any atom is -0.316 e. The van der Waals surface area contributed by atoms with Crippen molar-refractivity contribution in [1.29, 1.82) is 0 Å². The summed E-state index contributed by atoms with van der Waals surface area (Å²) in [6.45, 7) is 10.7. The predicted molar refractivity (Wildman–Crippen MR) is 70.2 cm³/mol. The first kappa shape index (κ1) is 14.7. The van der Waals surface area contributed by atoms with E-state index in [1.165, 1.54) is 38.5 Å². The maximum absolute atomic E-state index is 3.75. The van der Waals surface area contributed by atoms with E-state index in [1.54, 1.807) is 0 Å². The molecule has 0 saturated heterocycles. The number of hydrogen-bond donors (Lipinski definition) is 1. The molecule has 0 bridgehead atoms. The summed E-state index contributed by atoms with van der Waals surface area (Å²) in [5, 5.41) is 3.46. The molecule has 0 aromatic heterocycles. The van der Waals surface area contributed by atoms with Gasteiger partial charge >= 0.3 is 0 Å². The van der Waals surface area contributed by atoms with Crippen LogP contribution in [0.5, 0.6) is 0 Å². The average molecular weight is 211 g/mol. The molecular weight excluding hydrogens is 182 g/mol. The Morgan fingerprint density at radius 2 is 1.93 bits per heavy atom. The first-order valence-electron chi connectivity index (χ1n) is 6.36. The van der Waals surface area contributed by atoms with E-state index >= 15 is 0 Å². The minimum absolute atomic E-state index is 0.424. The van der Waals surface area contributed by atoms with Crippen LogP contribution in [-0.4, -0.2) is 13.1 Å². The SMILES string of the molecule is C=CCCCCCC(NC)C(C)(C)CC. The van der Waals surface area contributed by atoms with Crippen molar-refractivity contribution in [2.24, 2.45) is 5.41 Å². The summed E-state index contributed by atoms with van der Waals surface area (Å²) in [4.78, 5) is 0. The zero-order chi connectivity index (χ0) is 11.7. The van der Waals surface area contributed by atoms with E-state index in [-0.39, 0.29) is 0 Å². The van der Waals surface area contributed by atoms with Crippen molar-refractivity contribution in [2.75, 3.05) is 7.05 Å². The maximum Gasteiger partial charge on any atom is 0.0115 e. The van der Waals surface area contributed by atoms with Crippen LogP contribution in [0, 0.1) is 5.41 Å². The average Bonchev–Trinajstić information content (AvgIpc) is 2.23. The lowest BCUT2D eigenvalue weighted by molar-refractivity contribution is 0.226. The molecular formula is C14H29N. The van der Waals surface area contributed by atoms with Crippen molar-refractivity contribution in [3.05, 3.63) is 12.7 Å². The Bertz CT molecular complexity index is 161. The second kappa shape index (κ2) is 7.92. The highest BCUT2D eigenvalue weighted by molar-refractivity contribution is 4.81. The van der Waals surface area contributed by atoms with Crippen LogP contribution in [-0.2, 0) is 0 Å². The highest BCUT2D eigenvalue weighted by atomic mass is 14.9. The van der Waals surface area contributed by atoms with Gasteiger partial charge in [-0.05, 0) is 38.1 Å². The molecule has 0 aliphatic heterocycles. The fourth-order valence-electron chi connectivity index (χ4n) is 1.99. The predicted octanol–water partition coefficient (Wildman–Crippen LogP) is 4.15. The van der Waals surface area contributed by atoms with Crippen LogP contribution in [0.2, 0.25) is 0 Å². The van der Waals surface area contributed by atoms with Gasteiger partial charge in [0, 0.05) is 6.04 Å². The van der Waals surface area contributed by atoms with Crippen LogP contribution in [0.3, 0.4) is 0 Å². The van der Waals surface area contributed by atoms with E-state index < -0.39 is 0 Å². The Hall–Kier alpha value is -0.300. The number of allylic oxidation sites excluding steroid dienone is 1. The van der Waals surface area contributed by atoms with Gasteiger partial charge in [-0.15, -0.1) is 6.58 Å². The Morgan fingerprint density at radius 1 is 1.27 bits per heavy atom. The van der Waals surface area contributed by atoms with E-state index in [9.17, 15) is 0 Å². The van der Waals surface area contributed by atoms with Gasteiger partial charge in [0.15, 0.2) is 0 Å². The lowest BCUT2D eigenvalue weighted by atomic mass is 9.79. The van der Waals surface area contributed by atoms with Crippen LogP contribution in [0.4, 0.5) is 0 Å². The minimum atomic E-state index is 0.424. The van der Waals surface area contributed by atoms with Gasteiger partial charge in [-0.1, -0.05) is 39.7 Å². The monoisotopic (exact) mass is 211 g/mol. The first-order chi connectivity index (χ1) is 7.08. The molecule has 1 atom stereocenters. The smallest absolute Gasteiger partial charge is 0.0115 e. The molecule has 0 aliphatic rings. The standard InChI is InChI=1S/C14H29N/c1-6-8-9-10-11-12-13(15-5)14(3,4)7-2/h6,13,15H,1,7-12H2,2-5H3. The van der Waals surface area contributed by atoms with Crippen molar-refractivity contribution in [2.45, 2.75) is 65.3 Å². The molecule has 0 spiro atoms. The molecule has 90 valence electrons. The molecule has 1 heteroatoms. The summed E-state index contributed by atoms with van der Waals surface area (Å²) in [5.41, 5.74) is 0.424. The number of hydrogen-bond acceptors (Lipinski definition) is 1. The zero-order valence-electron chi connectivity index (χ0n) is 11.1. The first-order valence-corrected chi connectivity index (χ1v) is 6.36. The Kier molecular flexibility index (Phi) is 7.76. The molecule has 15 heavy (non-hydrogen) atoms. The zero-order valence-corrected chi connectivity index (χ0v) is 11.1. The molecule has 0 aromatic rings. The third-order valence-corrected chi connectivity index (χ3v) is 3.60. The van der Waals surface area contributed by atoms with Gasteiger partial charge in [0.05, 0.1) is 0 Å². The summed E-state index contributed by atoms with van der Waals surface area (Å²) >= 11 is 0. The van der Waals surface area contributed by atoms with E-state index in [0.717, 1.165) is 0 Å². The molecule has 0 amide bonds. The van der Waals surface area contributed by atoms with Crippen molar-refractivity contribution < 1.29 is 0 Å². The van der Waals surface area contributed by atoms with Gasteiger partial charge in [-0.2, -0.15) is 0 Å². The normalized spacial score (nSPS) is 13.9. The lowest BCUT2D eigenvalue weighted by Crippen LogP contribution is -2.39. The lowest BCUT2D eigenvalue weighted by Gasteiger charge is -2.33. The van der Waals surface area contributed by atoms with Crippen molar-refractivity contribution in [1.82, 2.24) is 5.32 Å². The molecule has 1 nitrogen and oxygen atoms in total. The molecule has 0 radical (unpaired) electrons. The fraction of sp³-hybridized carbons (Fsp3) is 0.857. The molecule has 0 saturated carbocycles. The van der Waals surface area contributed by atoms with Gasteiger partial charge in [-0.3, -0.25) is 0 Å². The quantitative estimate of drug-likeness (QED) is 0.446. The van der Waals surface area contributed by atoms with Crippen LogP contribution >= 0.6 is 0 Å². The summed E-state index contributed by atoms with van der Waals surface area (Å²) in [5.74, 6) is 0. The Morgan fingerprint density at radius 3 is 2.40 bits per heavy atom. The Balaban J connectivity index is 3.75. The molecule has 0 aromatic carbocycles. The highest BCUT2D eigenvalue weighted by Crippen LogP contribution is 2.27. The van der Waals surface area contributed by atoms with Gasteiger partial charge in [-0.25, -0.2) is 0 Å². The van der Waals surface area contributed by atoms with E-state index in [2.05, 4.69) is 39.7 Å². The molecule has 0 rings (SSSR count). The Labute approximate surface area is 96.3 Å². The highest BCUT2D eigenvalue weighted by Gasteiger charge is 2.25. The van der Waals surface area contributed by atoms with Crippen LogP contribution < -0.4 is 5.32 Å². The molecule has 0 aliphatic carbocycles. The maximum atomic E-state index is 3.75. The number of unbranched alkanes of at least 4 members (excludes halogenated alkanes) is 3. The largest absolute Gasteiger partial charge is 0.316 e. The topological polar surface area (TPSA) is 12.0 Å². The van der Waals surface area contributed by atoms with E-state index in [1.807, 2.05) is 6.08 Å². The van der Waals surface area contributed by atoms with Gasteiger partial charge in [0.25, 0.3) is 0 Å². The molecule has 0 fully saturated rings. The van der Waals surface area contributed by atoms with Crippen molar-refractivity contribution in [3.8, 4) is 0 Å². The third kappa shape index (κ3) is 5.99. The fourth-order valence-corrected chi connectivity index (χ4v) is 1.99. The van der Waals surface area contributed by atoms with Crippen molar-refractivity contribution in [3.63, 3.8) is 0 Å². The van der Waals surface area contributed by atoms with Gasteiger partial charge < -0.3 is 5.32 Å². The summed E-state index contributed by atoms with van der Waals surface area (Å²) in [7, 11) is 2.09. The molecule has 1 unspecified atom stereocenters. The van der Waals surface area contributed by atoms with Crippen LogP contribution in [0.1, 0.15) is 59.3 Å². The summed E-state index contributed by atoms with van der Waals surface area (Å²) < 4.78 is 0. The molecule has 0 heterocycles. The van der Waals surface area contributed by atoms with E-state index in [0.29, 0.717) is 11.5 Å². The second-order valence-corrected chi connectivity index (χ2v) is 5.11. The van der Waals surface area contributed by atoms with Crippen LogP contribution in [0.25, 0.3) is 0 Å². The summed E-state index contributed by atoms with van der Waals surface area (Å²) in [6.07, 6.45) is 9.70. The summed E-state index contributed by atoms with van der Waals surface area (Å²) in [6, 6.07) is 0.659. The van der Waals surface area contributed by atoms with Gasteiger partial charge in [0.1, 0.15) is 0 Å².